The molecular weight excluding hydrogens is 200 g/mol. The lowest BCUT2D eigenvalue weighted by molar-refractivity contribution is 0.622. The van der Waals surface area contributed by atoms with Crippen LogP contribution in [0.3, 0.4) is 0 Å². The lowest BCUT2D eigenvalue weighted by atomic mass is 9.89. The van der Waals surface area contributed by atoms with Crippen LogP contribution in [0.2, 0.25) is 0 Å². The molecule has 0 fully saturated rings. The first kappa shape index (κ1) is 9.05. The van der Waals surface area contributed by atoms with Gasteiger partial charge in [0, 0.05) is 4.48 Å². The first-order chi connectivity index (χ1) is 5.11. The fourth-order valence-electron chi connectivity index (χ4n) is 1.38. The molecule has 0 spiro atoms. The number of hydrogen-bond acceptors (Lipinski definition) is 0. The normalized spacial score (nSPS) is 25.0. The van der Waals surface area contributed by atoms with E-state index in [1.165, 1.54) is 10.9 Å². The second-order valence-electron chi connectivity index (χ2n) is 3.57. The molecule has 0 saturated carbocycles. The summed E-state index contributed by atoms with van der Waals surface area (Å²) in [7, 11) is 0. The van der Waals surface area contributed by atoms with Gasteiger partial charge in [0.1, 0.15) is 0 Å². The van der Waals surface area contributed by atoms with E-state index in [0.717, 1.165) is 0 Å². The van der Waals surface area contributed by atoms with Crippen molar-refractivity contribution in [3.63, 3.8) is 0 Å². The van der Waals surface area contributed by atoms with Crippen molar-refractivity contribution in [2.75, 3.05) is 0 Å². The Labute approximate surface area is 77.5 Å². The van der Waals surface area contributed by atoms with Crippen LogP contribution in [-0.2, 0) is 0 Å². The van der Waals surface area contributed by atoms with Crippen molar-refractivity contribution >= 4 is 15.9 Å². The Morgan fingerprint density at radius 3 is 2.64 bits per heavy atom. The van der Waals surface area contributed by atoms with Crippen molar-refractivity contribution < 1.29 is 0 Å². The third-order valence-electron chi connectivity index (χ3n) is 2.12. The third-order valence-corrected chi connectivity index (χ3v) is 2.89. The minimum absolute atomic E-state index is 0.678. The molecule has 0 aromatic heterocycles. The minimum Gasteiger partial charge on any atom is -0.0803 e. The fourth-order valence-corrected chi connectivity index (χ4v) is 2.15. The highest BCUT2D eigenvalue weighted by Gasteiger charge is 2.13. The van der Waals surface area contributed by atoms with Crippen molar-refractivity contribution in [2.45, 2.75) is 27.2 Å². The van der Waals surface area contributed by atoms with Crippen LogP contribution in [0.15, 0.2) is 22.2 Å². The molecule has 1 aliphatic carbocycles. The van der Waals surface area contributed by atoms with Crippen LogP contribution in [0, 0.1) is 11.8 Å². The van der Waals surface area contributed by atoms with E-state index in [0.29, 0.717) is 11.8 Å². The molecule has 0 saturated heterocycles. The standard InChI is InChI=1S/C10H15Br/c1-7(2)9-6-8(3)4-5-10(9)11/h4-5,7-8H,6H2,1-3H3. The van der Waals surface area contributed by atoms with Crippen molar-refractivity contribution in [3.05, 3.63) is 22.2 Å². The van der Waals surface area contributed by atoms with E-state index in [1.807, 2.05) is 0 Å². The van der Waals surface area contributed by atoms with Crippen LogP contribution in [0.4, 0.5) is 0 Å². The summed E-state index contributed by atoms with van der Waals surface area (Å²) in [6.45, 7) is 6.77. The number of rotatable bonds is 1. The van der Waals surface area contributed by atoms with Crippen molar-refractivity contribution in [1.82, 2.24) is 0 Å². The van der Waals surface area contributed by atoms with E-state index in [-0.39, 0.29) is 0 Å². The Hall–Kier alpha value is -0.0400. The van der Waals surface area contributed by atoms with E-state index in [2.05, 4.69) is 48.9 Å². The van der Waals surface area contributed by atoms with Gasteiger partial charge < -0.3 is 0 Å². The average molecular weight is 215 g/mol. The summed E-state index contributed by atoms with van der Waals surface area (Å²) in [4.78, 5) is 0. The topological polar surface area (TPSA) is 0 Å². The molecule has 62 valence electrons. The second kappa shape index (κ2) is 3.57. The summed E-state index contributed by atoms with van der Waals surface area (Å²) in [5.41, 5.74) is 1.56. The molecule has 0 N–H and O–H groups in total. The molecule has 0 heterocycles. The van der Waals surface area contributed by atoms with Gasteiger partial charge >= 0.3 is 0 Å². The molecule has 0 aromatic carbocycles. The molecule has 0 aromatic rings. The number of hydrogen-bond donors (Lipinski definition) is 0. The smallest absolute Gasteiger partial charge is 0.0167 e. The average Bonchev–Trinajstić information content (AvgIpc) is 1.94. The first-order valence-electron chi connectivity index (χ1n) is 4.18. The summed E-state index contributed by atoms with van der Waals surface area (Å²) in [6, 6.07) is 0. The van der Waals surface area contributed by atoms with Gasteiger partial charge in [-0.05, 0) is 18.3 Å². The second-order valence-corrected chi connectivity index (χ2v) is 4.42. The molecule has 0 nitrogen and oxygen atoms in total. The number of halogens is 1. The number of allylic oxidation sites excluding steroid dienone is 4. The van der Waals surface area contributed by atoms with E-state index in [9.17, 15) is 0 Å². The van der Waals surface area contributed by atoms with Gasteiger partial charge in [-0.3, -0.25) is 0 Å². The molecule has 1 rings (SSSR count). The van der Waals surface area contributed by atoms with E-state index in [1.54, 1.807) is 5.57 Å². The van der Waals surface area contributed by atoms with E-state index >= 15 is 0 Å². The van der Waals surface area contributed by atoms with Gasteiger partial charge in [0.05, 0.1) is 0 Å². The van der Waals surface area contributed by atoms with Gasteiger partial charge in [-0.25, -0.2) is 0 Å². The SMILES string of the molecule is CC1C=CC(Br)=C(C(C)C)C1. The predicted octanol–water partition coefficient (Wildman–Crippen LogP) is 3.89. The highest BCUT2D eigenvalue weighted by molar-refractivity contribution is 9.11. The monoisotopic (exact) mass is 214 g/mol. The van der Waals surface area contributed by atoms with Crippen LogP contribution >= 0.6 is 15.9 Å². The molecule has 11 heavy (non-hydrogen) atoms. The van der Waals surface area contributed by atoms with Gasteiger partial charge in [-0.15, -0.1) is 0 Å². The molecule has 1 heteroatoms. The Balaban J connectivity index is 2.81. The lowest BCUT2D eigenvalue weighted by Crippen LogP contribution is -2.04. The zero-order chi connectivity index (χ0) is 8.43. The van der Waals surface area contributed by atoms with Crippen LogP contribution in [0.5, 0.6) is 0 Å². The molecule has 0 amide bonds. The van der Waals surface area contributed by atoms with Crippen LogP contribution in [0.25, 0.3) is 0 Å². The molecule has 0 aliphatic heterocycles. The summed E-state index contributed by atoms with van der Waals surface area (Å²) in [6.07, 6.45) is 5.66. The third kappa shape index (κ3) is 2.19. The quantitative estimate of drug-likeness (QED) is 0.622. The highest BCUT2D eigenvalue weighted by atomic mass is 79.9. The summed E-state index contributed by atoms with van der Waals surface area (Å²) >= 11 is 3.58. The zero-order valence-corrected chi connectivity index (χ0v) is 8.98. The van der Waals surface area contributed by atoms with Gasteiger partial charge in [0.2, 0.25) is 0 Å². The van der Waals surface area contributed by atoms with Gasteiger partial charge in [-0.2, -0.15) is 0 Å². The summed E-state index contributed by atoms with van der Waals surface area (Å²) in [5.74, 6) is 1.39. The Kier molecular flexibility index (Phi) is 2.94. The van der Waals surface area contributed by atoms with Crippen LogP contribution < -0.4 is 0 Å². The van der Waals surface area contributed by atoms with Crippen molar-refractivity contribution in [3.8, 4) is 0 Å². The van der Waals surface area contributed by atoms with Crippen LogP contribution in [-0.4, -0.2) is 0 Å². The molecule has 0 radical (unpaired) electrons. The lowest BCUT2D eigenvalue weighted by Gasteiger charge is -2.19. The van der Waals surface area contributed by atoms with Crippen LogP contribution in [0.1, 0.15) is 27.2 Å². The maximum Gasteiger partial charge on any atom is 0.0167 e. The molecule has 0 bridgehead atoms. The van der Waals surface area contributed by atoms with Gasteiger partial charge in [-0.1, -0.05) is 54.4 Å². The zero-order valence-electron chi connectivity index (χ0n) is 7.39. The van der Waals surface area contributed by atoms with Gasteiger partial charge in [0.25, 0.3) is 0 Å². The molecular formula is C10H15Br. The Morgan fingerprint density at radius 1 is 1.55 bits per heavy atom. The minimum atomic E-state index is 0.678. The fraction of sp³-hybridized carbons (Fsp3) is 0.600. The van der Waals surface area contributed by atoms with E-state index in [4.69, 9.17) is 0 Å². The molecule has 1 unspecified atom stereocenters. The maximum absolute atomic E-state index is 3.58. The summed E-state index contributed by atoms with van der Waals surface area (Å²) in [5, 5.41) is 0. The molecule has 1 atom stereocenters. The van der Waals surface area contributed by atoms with Crippen molar-refractivity contribution in [1.29, 1.82) is 0 Å². The van der Waals surface area contributed by atoms with Crippen molar-refractivity contribution in [2.24, 2.45) is 11.8 Å². The predicted molar refractivity (Wildman–Crippen MR) is 53.7 cm³/mol. The van der Waals surface area contributed by atoms with E-state index < -0.39 is 0 Å². The Bertz CT molecular complexity index is 199. The highest BCUT2D eigenvalue weighted by Crippen LogP contribution is 2.31. The first-order valence-corrected chi connectivity index (χ1v) is 4.97. The summed E-state index contributed by atoms with van der Waals surface area (Å²) < 4.78 is 1.30. The molecule has 1 aliphatic rings. The Morgan fingerprint density at radius 2 is 2.18 bits per heavy atom. The maximum atomic E-state index is 3.58. The van der Waals surface area contributed by atoms with Gasteiger partial charge in [0.15, 0.2) is 0 Å². The largest absolute Gasteiger partial charge is 0.0803 e.